The molecular weight excluding hydrogens is 212 g/mol. The standard InChI is InChI=1S/C10H14N2O4/c1-2-8(9(13)14)12-10(15)11-5-7-3-4-16-6-7/h3-4,6,8H,2,5H2,1H3,(H,13,14)(H2,11,12,15)/t8-/m1/s1. The fourth-order valence-electron chi connectivity index (χ4n) is 1.12. The van der Waals surface area contributed by atoms with E-state index in [9.17, 15) is 9.59 Å². The molecule has 0 aliphatic carbocycles. The first-order valence-corrected chi connectivity index (χ1v) is 4.91. The third kappa shape index (κ3) is 3.64. The molecule has 0 fully saturated rings. The topological polar surface area (TPSA) is 91.6 Å². The van der Waals surface area contributed by atoms with Crippen LogP contribution in [-0.2, 0) is 11.3 Å². The molecule has 1 aromatic rings. The Kier molecular flexibility index (Phi) is 4.38. The summed E-state index contributed by atoms with van der Waals surface area (Å²) in [5, 5.41) is 13.6. The third-order valence-corrected chi connectivity index (χ3v) is 2.04. The first kappa shape index (κ1) is 12.1. The van der Waals surface area contributed by atoms with Crippen molar-refractivity contribution in [2.75, 3.05) is 0 Å². The Morgan fingerprint density at radius 3 is 2.81 bits per heavy atom. The van der Waals surface area contributed by atoms with Gasteiger partial charge in [-0.25, -0.2) is 9.59 Å². The molecule has 1 heterocycles. The molecule has 2 amide bonds. The lowest BCUT2D eigenvalue weighted by atomic mass is 10.2. The Hall–Kier alpha value is -1.98. The van der Waals surface area contributed by atoms with Gasteiger partial charge < -0.3 is 20.2 Å². The third-order valence-electron chi connectivity index (χ3n) is 2.04. The lowest BCUT2D eigenvalue weighted by molar-refractivity contribution is -0.139. The normalized spacial score (nSPS) is 11.8. The van der Waals surface area contributed by atoms with Crippen molar-refractivity contribution >= 4 is 12.0 Å². The van der Waals surface area contributed by atoms with E-state index < -0.39 is 18.0 Å². The van der Waals surface area contributed by atoms with Gasteiger partial charge in [0.1, 0.15) is 6.04 Å². The highest BCUT2D eigenvalue weighted by Gasteiger charge is 2.16. The number of furan rings is 1. The number of aliphatic carboxylic acids is 1. The molecule has 1 aromatic heterocycles. The number of nitrogens with one attached hydrogen (secondary N) is 2. The average Bonchev–Trinajstić information content (AvgIpc) is 2.75. The molecule has 0 radical (unpaired) electrons. The molecule has 0 spiro atoms. The highest BCUT2D eigenvalue weighted by molar-refractivity contribution is 5.82. The van der Waals surface area contributed by atoms with Crippen LogP contribution in [0.1, 0.15) is 18.9 Å². The number of urea groups is 1. The maximum atomic E-state index is 11.3. The predicted molar refractivity (Wildman–Crippen MR) is 55.8 cm³/mol. The fraction of sp³-hybridized carbons (Fsp3) is 0.400. The Bertz CT molecular complexity index is 348. The monoisotopic (exact) mass is 226 g/mol. The maximum Gasteiger partial charge on any atom is 0.326 e. The molecule has 16 heavy (non-hydrogen) atoms. The minimum absolute atomic E-state index is 0.304. The summed E-state index contributed by atoms with van der Waals surface area (Å²) in [5.41, 5.74) is 0.818. The number of amides is 2. The summed E-state index contributed by atoms with van der Waals surface area (Å²) in [6.07, 6.45) is 3.35. The van der Waals surface area contributed by atoms with Gasteiger partial charge in [-0.05, 0) is 12.5 Å². The second-order valence-corrected chi connectivity index (χ2v) is 3.26. The molecule has 0 bridgehead atoms. The van der Waals surface area contributed by atoms with Crippen molar-refractivity contribution < 1.29 is 19.1 Å². The van der Waals surface area contributed by atoms with Crippen LogP contribution in [0.3, 0.4) is 0 Å². The predicted octanol–water partition coefficient (Wildman–Crippen LogP) is 0.942. The zero-order chi connectivity index (χ0) is 12.0. The van der Waals surface area contributed by atoms with Crippen LogP contribution in [0.25, 0.3) is 0 Å². The molecule has 6 heteroatoms. The second kappa shape index (κ2) is 5.79. The summed E-state index contributed by atoms with van der Waals surface area (Å²) in [4.78, 5) is 21.9. The van der Waals surface area contributed by atoms with E-state index in [0.717, 1.165) is 5.56 Å². The average molecular weight is 226 g/mol. The van der Waals surface area contributed by atoms with Gasteiger partial charge in [0, 0.05) is 12.1 Å². The van der Waals surface area contributed by atoms with E-state index in [4.69, 9.17) is 9.52 Å². The van der Waals surface area contributed by atoms with Crippen molar-refractivity contribution in [1.29, 1.82) is 0 Å². The van der Waals surface area contributed by atoms with E-state index in [0.29, 0.717) is 13.0 Å². The van der Waals surface area contributed by atoms with Crippen molar-refractivity contribution in [2.24, 2.45) is 0 Å². The molecule has 1 atom stereocenters. The van der Waals surface area contributed by atoms with E-state index in [1.165, 1.54) is 12.5 Å². The van der Waals surface area contributed by atoms with Crippen molar-refractivity contribution in [3.63, 3.8) is 0 Å². The number of hydrogen-bond acceptors (Lipinski definition) is 3. The van der Waals surface area contributed by atoms with E-state index in [1.54, 1.807) is 13.0 Å². The Morgan fingerprint density at radius 1 is 1.56 bits per heavy atom. The Balaban J connectivity index is 2.33. The molecule has 0 saturated heterocycles. The van der Waals surface area contributed by atoms with Gasteiger partial charge in [0.15, 0.2) is 0 Å². The molecule has 88 valence electrons. The SMILES string of the molecule is CC[C@@H](NC(=O)NCc1ccoc1)C(=O)O. The molecule has 0 unspecified atom stereocenters. The highest BCUT2D eigenvalue weighted by Crippen LogP contribution is 1.98. The first-order valence-electron chi connectivity index (χ1n) is 4.91. The number of hydrogen-bond donors (Lipinski definition) is 3. The number of carbonyl (C=O) groups is 2. The molecule has 3 N–H and O–H groups in total. The van der Waals surface area contributed by atoms with E-state index in [2.05, 4.69) is 10.6 Å². The molecule has 0 aromatic carbocycles. The molecule has 6 nitrogen and oxygen atoms in total. The summed E-state index contributed by atoms with van der Waals surface area (Å²) in [5.74, 6) is -1.04. The second-order valence-electron chi connectivity index (χ2n) is 3.26. The van der Waals surface area contributed by atoms with Crippen molar-refractivity contribution in [2.45, 2.75) is 25.9 Å². The lowest BCUT2D eigenvalue weighted by Crippen LogP contribution is -2.45. The van der Waals surface area contributed by atoms with Gasteiger partial charge in [0.2, 0.25) is 0 Å². The summed E-state index contributed by atoms with van der Waals surface area (Å²) in [6, 6.07) is 0.356. The minimum atomic E-state index is -1.04. The number of carboxylic acids is 1. The largest absolute Gasteiger partial charge is 0.480 e. The number of carboxylic acid groups (broad SMARTS) is 1. The fourth-order valence-corrected chi connectivity index (χ4v) is 1.12. The first-order chi connectivity index (χ1) is 7.63. The van der Waals surface area contributed by atoms with Gasteiger partial charge in [0.25, 0.3) is 0 Å². The molecule has 1 rings (SSSR count). The summed E-state index contributed by atoms with van der Waals surface area (Å²) < 4.78 is 4.82. The van der Waals surface area contributed by atoms with Crippen LogP contribution in [0.5, 0.6) is 0 Å². The van der Waals surface area contributed by atoms with Crippen LogP contribution in [0.4, 0.5) is 4.79 Å². The zero-order valence-electron chi connectivity index (χ0n) is 8.90. The molecule has 0 saturated carbocycles. The van der Waals surface area contributed by atoms with Crippen molar-refractivity contribution in [3.05, 3.63) is 24.2 Å². The highest BCUT2D eigenvalue weighted by atomic mass is 16.4. The van der Waals surface area contributed by atoms with Gasteiger partial charge in [0.05, 0.1) is 12.5 Å². The molecule has 0 aliphatic rings. The minimum Gasteiger partial charge on any atom is -0.480 e. The quantitative estimate of drug-likeness (QED) is 0.696. The van der Waals surface area contributed by atoms with Crippen molar-refractivity contribution in [1.82, 2.24) is 10.6 Å². The summed E-state index contributed by atoms with van der Waals surface area (Å²) >= 11 is 0. The van der Waals surface area contributed by atoms with Gasteiger partial charge >= 0.3 is 12.0 Å². The number of carbonyl (C=O) groups excluding carboxylic acids is 1. The smallest absolute Gasteiger partial charge is 0.326 e. The van der Waals surface area contributed by atoms with Gasteiger partial charge in [-0.2, -0.15) is 0 Å². The van der Waals surface area contributed by atoms with Crippen LogP contribution in [0, 0.1) is 0 Å². The summed E-state index contributed by atoms with van der Waals surface area (Å²) in [6.45, 7) is 1.99. The van der Waals surface area contributed by atoms with Gasteiger partial charge in [-0.1, -0.05) is 6.92 Å². The van der Waals surface area contributed by atoms with Crippen LogP contribution in [0.2, 0.25) is 0 Å². The Morgan fingerprint density at radius 2 is 2.31 bits per heavy atom. The van der Waals surface area contributed by atoms with Gasteiger partial charge in [-0.15, -0.1) is 0 Å². The number of rotatable bonds is 5. The Labute approximate surface area is 92.6 Å². The molecule has 0 aliphatic heterocycles. The summed E-state index contributed by atoms with van der Waals surface area (Å²) in [7, 11) is 0. The molecular formula is C10H14N2O4. The maximum absolute atomic E-state index is 11.3. The van der Waals surface area contributed by atoms with Gasteiger partial charge in [-0.3, -0.25) is 0 Å². The van der Waals surface area contributed by atoms with E-state index in [1.807, 2.05) is 0 Å². The van der Waals surface area contributed by atoms with Crippen LogP contribution >= 0.6 is 0 Å². The van der Waals surface area contributed by atoms with Crippen LogP contribution in [-0.4, -0.2) is 23.1 Å². The van der Waals surface area contributed by atoms with E-state index >= 15 is 0 Å². The van der Waals surface area contributed by atoms with Crippen molar-refractivity contribution in [3.8, 4) is 0 Å². The van der Waals surface area contributed by atoms with E-state index in [-0.39, 0.29) is 0 Å². The van der Waals surface area contributed by atoms with Crippen LogP contribution in [0.15, 0.2) is 23.0 Å². The zero-order valence-corrected chi connectivity index (χ0v) is 8.90. The lowest BCUT2D eigenvalue weighted by Gasteiger charge is -2.12. The van der Waals surface area contributed by atoms with Crippen LogP contribution < -0.4 is 10.6 Å².